The number of hydrogen-bond donors (Lipinski definition) is 3. The van der Waals surface area contributed by atoms with Crippen LogP contribution in [0.2, 0.25) is 0 Å². The van der Waals surface area contributed by atoms with Crippen molar-refractivity contribution in [1.82, 2.24) is 38.8 Å². The molecule has 3 aliphatic rings. The van der Waals surface area contributed by atoms with Gasteiger partial charge in [0.05, 0.1) is 38.9 Å². The zero-order chi connectivity index (χ0) is 52.7. The molecule has 0 bridgehead atoms. The molecule has 20 nitrogen and oxygen atoms in total. The van der Waals surface area contributed by atoms with Crippen LogP contribution >= 0.6 is 12.4 Å². The zero-order valence-electron chi connectivity index (χ0n) is 44.8. The predicted molar refractivity (Wildman–Crippen MR) is 286 cm³/mol. The van der Waals surface area contributed by atoms with Crippen molar-refractivity contribution >= 4 is 64.1 Å². The van der Waals surface area contributed by atoms with Crippen molar-refractivity contribution in [3.8, 4) is 22.7 Å². The summed E-state index contributed by atoms with van der Waals surface area (Å²) in [5.74, 6) is 6.65. The maximum atomic E-state index is 13.0. The normalized spacial score (nSPS) is 14.8. The summed E-state index contributed by atoms with van der Waals surface area (Å²) in [6, 6.07) is 23.5. The van der Waals surface area contributed by atoms with Gasteiger partial charge in [-0.15, -0.1) is 12.4 Å². The Hall–Kier alpha value is -5.78. The van der Waals surface area contributed by atoms with E-state index in [-0.39, 0.29) is 120 Å². The van der Waals surface area contributed by atoms with E-state index < -0.39 is 0 Å². The Kier molecular flexibility index (Phi) is 24.0. The van der Waals surface area contributed by atoms with E-state index in [4.69, 9.17) is 30.0 Å². The Morgan fingerprint density at radius 2 is 1.09 bits per heavy atom. The molecule has 77 heavy (non-hydrogen) atoms. The van der Waals surface area contributed by atoms with Crippen molar-refractivity contribution in [2.24, 2.45) is 27.3 Å². The Morgan fingerprint density at radius 3 is 1.51 bits per heavy atom. The van der Waals surface area contributed by atoms with E-state index in [1.165, 1.54) is 6.21 Å². The number of nitrogens with zero attached hydrogens (tertiary/aromatic N) is 9. The van der Waals surface area contributed by atoms with Gasteiger partial charge in [-0.05, 0) is 89.6 Å². The van der Waals surface area contributed by atoms with Gasteiger partial charge in [-0.3, -0.25) is 42.7 Å². The van der Waals surface area contributed by atoms with Crippen LogP contribution in [0.4, 0.5) is 0 Å². The van der Waals surface area contributed by atoms with Crippen LogP contribution in [-0.2, 0) is 48.6 Å². The zero-order valence-corrected chi connectivity index (χ0v) is 48.7. The van der Waals surface area contributed by atoms with Crippen molar-refractivity contribution in [3.05, 3.63) is 145 Å². The minimum Gasteiger partial charge on any atom is -1.00 e. The van der Waals surface area contributed by atoms with E-state index in [1.54, 1.807) is 51.7 Å². The Morgan fingerprint density at radius 1 is 0.662 bits per heavy atom. The summed E-state index contributed by atoms with van der Waals surface area (Å²) in [6.45, 7) is 15.0. The van der Waals surface area contributed by atoms with Gasteiger partial charge in [-0.25, -0.2) is 20.8 Å². The Labute approximate surface area is 496 Å². The molecule has 4 N–H and O–H groups in total. The second kappa shape index (κ2) is 28.2. The number of halogens is 1. The van der Waals surface area contributed by atoms with Crippen LogP contribution < -0.4 is 86.9 Å². The number of nitrogens with two attached hydrogens (primary N) is 1. The molecule has 0 saturated heterocycles. The van der Waals surface area contributed by atoms with Gasteiger partial charge in [0.1, 0.15) is 35.1 Å². The van der Waals surface area contributed by atoms with E-state index in [2.05, 4.69) is 77.6 Å². The summed E-state index contributed by atoms with van der Waals surface area (Å²) in [7, 11) is 0. The second-order valence-corrected chi connectivity index (χ2v) is 20.4. The molecule has 11 rings (SSSR count). The third-order valence-corrected chi connectivity index (χ3v) is 13.1. The molecular formula is C54H63ClN10Na2O10. The topological polar surface area (TPSA) is 289 Å². The SMILES string of the molecule is C.CC1(C)CCc2nc3cc(-c4cc(-c5ccccn5)on4)ccc3c(=O)n2C1.CC1(C)CCc2nc3cc(C=NO)ccc3c(=O)n2C1.CC1(C)CCc2nc3cc(C=O)ccc3c(=O)n2C1.Cl.NO.O=CO[O-].[H-].[Na+].[Na+]. The number of benzene rings is 3. The first-order valence-corrected chi connectivity index (χ1v) is 23.5. The Bertz CT molecular complexity index is 3550. The van der Waals surface area contributed by atoms with E-state index >= 15 is 0 Å². The number of rotatable bonds is 5. The van der Waals surface area contributed by atoms with Gasteiger partial charge in [0.2, 0.25) is 0 Å². The van der Waals surface area contributed by atoms with Gasteiger partial charge >= 0.3 is 59.1 Å². The van der Waals surface area contributed by atoms with Crippen LogP contribution in [-0.4, -0.2) is 68.2 Å². The molecule has 0 spiro atoms. The number of oxime groups is 1. The number of carbonyl (C=O) groups is 2. The van der Waals surface area contributed by atoms with Crippen LogP contribution in [0.25, 0.3) is 55.4 Å². The molecule has 3 aliphatic heterocycles. The maximum Gasteiger partial charge on any atom is 1.00 e. The number of aryl methyl sites for hydroxylation is 3. The molecule has 0 fully saturated rings. The number of hydrogen-bond acceptors (Lipinski definition) is 17. The smallest absolute Gasteiger partial charge is 1.00 e. The van der Waals surface area contributed by atoms with Crippen LogP contribution in [0.5, 0.6) is 0 Å². The first-order valence-electron chi connectivity index (χ1n) is 23.5. The Balaban J connectivity index is 0.000000376. The molecule has 5 aromatic heterocycles. The molecule has 0 saturated carbocycles. The summed E-state index contributed by atoms with van der Waals surface area (Å²) >= 11 is 0. The van der Waals surface area contributed by atoms with E-state index in [0.29, 0.717) is 69.4 Å². The quantitative estimate of drug-likeness (QED) is 0.0548. The molecule has 8 aromatic rings. The van der Waals surface area contributed by atoms with Crippen LogP contribution in [0.3, 0.4) is 0 Å². The first-order chi connectivity index (χ1) is 34.9. The molecule has 23 heteroatoms. The molecule has 8 heterocycles. The summed E-state index contributed by atoms with van der Waals surface area (Å²) in [4.78, 5) is 78.3. The van der Waals surface area contributed by atoms with Gasteiger partial charge in [0.15, 0.2) is 5.76 Å². The second-order valence-electron chi connectivity index (χ2n) is 20.4. The summed E-state index contributed by atoms with van der Waals surface area (Å²) in [5, 5.41) is 32.5. The van der Waals surface area contributed by atoms with Crippen molar-refractivity contribution in [2.45, 2.75) is 107 Å². The van der Waals surface area contributed by atoms with Gasteiger partial charge in [0, 0.05) is 62.3 Å². The molecule has 0 aliphatic carbocycles. The minimum atomic E-state index is -0.181. The van der Waals surface area contributed by atoms with Gasteiger partial charge in [0.25, 0.3) is 23.2 Å². The average molecular weight is 1090 g/mol. The molecule has 0 atom stereocenters. The summed E-state index contributed by atoms with van der Waals surface area (Å²) in [5.41, 5.74) is 6.02. The predicted octanol–water partition coefficient (Wildman–Crippen LogP) is 1.39. The number of carbonyl (C=O) groups excluding carboxylic acids is 2. The largest absolute Gasteiger partial charge is 1.00 e. The van der Waals surface area contributed by atoms with Gasteiger partial charge in [-0.1, -0.05) is 83.5 Å². The number of pyridine rings is 1. The fourth-order valence-corrected chi connectivity index (χ4v) is 9.19. The first kappa shape index (κ1) is 65.5. The molecule has 0 radical (unpaired) electrons. The van der Waals surface area contributed by atoms with E-state index in [0.717, 1.165) is 79.1 Å². The van der Waals surface area contributed by atoms with Crippen LogP contribution in [0.15, 0.2) is 109 Å². The standard InChI is InChI=1S/C22H20N4O2.C15H17N3O2.C15H16N2O2.CH2O3.CH4.ClH.H3NO.2Na.H/c1-22(2)9-8-20-24-18-11-14(6-7-15(18)21(27)26(20)13-22)17-12-19(28-25-17)16-5-3-4-10-23-16;1-15(2)6-5-13-17-12-7-10(8-16-20)3-4-11(12)14(19)18(13)9-15;1-15(2)6-5-13-16-12-7-10(8-18)3-4-11(12)14(19)17(13)9-15;2-1-4-3;;;1-2;;;/h3-7,10-12H,8-9,13H2,1-2H3;3-4,7-8,20H,5-6,9H2,1-2H3;3-4,7-8H,5-6,9H2,1-2H3;1,3H;1H4;1H;2H,1H2;;;/q;;;;;;;2*+1;-1/p-1. The molecule has 0 amide bonds. The summed E-state index contributed by atoms with van der Waals surface area (Å²) < 4.78 is 10.9. The monoisotopic (exact) mass is 1090 g/mol. The third-order valence-electron chi connectivity index (χ3n) is 13.1. The average Bonchev–Trinajstić information content (AvgIpc) is 3.89. The van der Waals surface area contributed by atoms with Crippen molar-refractivity contribution in [3.63, 3.8) is 0 Å². The van der Waals surface area contributed by atoms with Gasteiger partial charge in [-0.2, -0.15) is 0 Å². The molecule has 398 valence electrons. The minimum absolute atomic E-state index is 0. The van der Waals surface area contributed by atoms with Crippen LogP contribution in [0.1, 0.15) is 103 Å². The third kappa shape index (κ3) is 15.5. The number of aromatic nitrogens is 8. The van der Waals surface area contributed by atoms with Crippen LogP contribution in [0, 0.1) is 16.2 Å². The fraction of sp³-hybridized carbons (Fsp3) is 0.352. The van der Waals surface area contributed by atoms with Crippen molar-refractivity contribution in [1.29, 1.82) is 0 Å². The van der Waals surface area contributed by atoms with E-state index in [1.807, 2.05) is 47.0 Å². The molecular weight excluding hydrogens is 1030 g/mol. The number of aldehydes is 1. The summed E-state index contributed by atoms with van der Waals surface area (Å²) in [6.07, 6.45) is 9.36. The molecule has 0 unspecified atom stereocenters. The van der Waals surface area contributed by atoms with Crippen molar-refractivity contribution in [2.75, 3.05) is 0 Å². The molecule has 3 aromatic carbocycles. The van der Waals surface area contributed by atoms with Crippen molar-refractivity contribution < 1.29 is 95.2 Å². The van der Waals surface area contributed by atoms with E-state index in [9.17, 15) is 19.2 Å². The number of fused-ring (bicyclic) bond motifs is 6. The fourth-order valence-electron chi connectivity index (χ4n) is 9.19. The van der Waals surface area contributed by atoms with Gasteiger partial charge < -0.3 is 26.5 Å². The maximum absolute atomic E-state index is 13.0.